The van der Waals surface area contributed by atoms with Gasteiger partial charge < -0.3 is 15.3 Å². The van der Waals surface area contributed by atoms with E-state index in [1.807, 2.05) is 0 Å². The van der Waals surface area contributed by atoms with Crippen LogP contribution in [0.1, 0.15) is 88.7 Å². The Labute approximate surface area is 162 Å². The lowest BCUT2D eigenvalue weighted by atomic mass is 9.93. The van der Waals surface area contributed by atoms with Gasteiger partial charge in [0.15, 0.2) is 0 Å². The van der Waals surface area contributed by atoms with Crippen LogP contribution in [0, 0.1) is 10.8 Å². The number of aryl methyl sites for hydroxylation is 1. The van der Waals surface area contributed by atoms with Crippen molar-refractivity contribution < 1.29 is 20.1 Å². The molecule has 1 aromatic carbocycles. The molecule has 0 heterocycles. The molecule has 2 aliphatic rings. The van der Waals surface area contributed by atoms with Crippen molar-refractivity contribution in [3.05, 3.63) is 23.3 Å². The number of carbonyl (C=O) groups is 1. The Bertz CT molecular complexity index is 671. The van der Waals surface area contributed by atoms with Crippen molar-refractivity contribution in [1.29, 1.82) is 0 Å². The molecule has 3 rings (SSSR count). The van der Waals surface area contributed by atoms with Gasteiger partial charge in [0.25, 0.3) is 0 Å². The van der Waals surface area contributed by atoms with Crippen molar-refractivity contribution in [2.45, 2.75) is 90.4 Å². The Hall–Kier alpha value is -1.71. The molecule has 4 nitrogen and oxygen atoms in total. The van der Waals surface area contributed by atoms with E-state index in [0.717, 1.165) is 68.9 Å². The highest BCUT2D eigenvalue weighted by Gasteiger charge is 2.49. The van der Waals surface area contributed by atoms with Gasteiger partial charge in [-0.05, 0) is 86.8 Å². The molecular weight excluding hydrogens is 340 g/mol. The first-order valence-corrected chi connectivity index (χ1v) is 10.6. The zero-order chi connectivity index (χ0) is 19.5. The van der Waals surface area contributed by atoms with Crippen LogP contribution in [0.25, 0.3) is 0 Å². The first kappa shape index (κ1) is 20.0. The molecule has 0 radical (unpaired) electrons. The lowest BCUT2D eigenvalue weighted by molar-refractivity contribution is -0.143. The number of rotatable bonds is 12. The zero-order valence-corrected chi connectivity index (χ0v) is 16.6. The van der Waals surface area contributed by atoms with Crippen LogP contribution < -0.4 is 0 Å². The summed E-state index contributed by atoms with van der Waals surface area (Å²) >= 11 is 0. The summed E-state index contributed by atoms with van der Waals surface area (Å²) < 4.78 is 0. The van der Waals surface area contributed by atoms with Gasteiger partial charge in [0.1, 0.15) is 11.5 Å². The van der Waals surface area contributed by atoms with E-state index in [1.54, 1.807) is 6.07 Å². The molecule has 0 spiro atoms. The summed E-state index contributed by atoms with van der Waals surface area (Å²) in [5.74, 6) is -0.304. The number of hydrogen-bond donors (Lipinski definition) is 3. The first-order valence-electron chi connectivity index (χ1n) is 10.6. The van der Waals surface area contributed by atoms with Gasteiger partial charge in [-0.1, -0.05) is 26.2 Å². The molecule has 0 amide bonds. The third kappa shape index (κ3) is 5.40. The standard InChI is InChI=1S/C23H34O4/c1-22(11-12-22)9-6-4-7-17-15-18(24)16-20(25)19(17)8-3-2-5-10-23(13-14-23)21(26)27/h15-16,24-25H,2-14H2,1H3,(H,26,27). The highest BCUT2D eigenvalue weighted by Crippen LogP contribution is 2.50. The van der Waals surface area contributed by atoms with Crippen molar-refractivity contribution in [3.63, 3.8) is 0 Å². The normalized spacial score (nSPS) is 19.0. The van der Waals surface area contributed by atoms with E-state index in [9.17, 15) is 20.1 Å². The van der Waals surface area contributed by atoms with E-state index in [4.69, 9.17) is 0 Å². The Morgan fingerprint density at radius 2 is 1.59 bits per heavy atom. The molecule has 0 aliphatic heterocycles. The van der Waals surface area contributed by atoms with Crippen LogP contribution in [-0.4, -0.2) is 21.3 Å². The maximum Gasteiger partial charge on any atom is 0.309 e. The monoisotopic (exact) mass is 374 g/mol. The quantitative estimate of drug-likeness (QED) is 0.417. The van der Waals surface area contributed by atoms with Gasteiger partial charge >= 0.3 is 5.97 Å². The molecule has 0 saturated heterocycles. The number of phenolic OH excluding ortho intramolecular Hbond substituents is 2. The zero-order valence-electron chi connectivity index (χ0n) is 16.6. The molecule has 0 bridgehead atoms. The highest BCUT2D eigenvalue weighted by atomic mass is 16.4. The van der Waals surface area contributed by atoms with Crippen LogP contribution in [0.2, 0.25) is 0 Å². The lowest BCUT2D eigenvalue weighted by Crippen LogP contribution is -2.14. The van der Waals surface area contributed by atoms with E-state index in [1.165, 1.54) is 31.7 Å². The summed E-state index contributed by atoms with van der Waals surface area (Å²) in [7, 11) is 0. The van der Waals surface area contributed by atoms with E-state index < -0.39 is 11.4 Å². The lowest BCUT2D eigenvalue weighted by Gasteiger charge is -2.14. The minimum Gasteiger partial charge on any atom is -0.508 e. The number of carboxylic acid groups (broad SMARTS) is 1. The van der Waals surface area contributed by atoms with E-state index in [-0.39, 0.29) is 11.5 Å². The molecule has 27 heavy (non-hydrogen) atoms. The summed E-state index contributed by atoms with van der Waals surface area (Å²) in [5, 5.41) is 29.4. The topological polar surface area (TPSA) is 77.8 Å². The molecule has 2 aliphatic carbocycles. The fourth-order valence-corrected chi connectivity index (χ4v) is 4.20. The number of hydrogen-bond acceptors (Lipinski definition) is 3. The van der Waals surface area contributed by atoms with Gasteiger partial charge in [-0.25, -0.2) is 0 Å². The largest absolute Gasteiger partial charge is 0.508 e. The molecule has 3 N–H and O–H groups in total. The van der Waals surface area contributed by atoms with Crippen molar-refractivity contribution in [3.8, 4) is 11.5 Å². The van der Waals surface area contributed by atoms with Crippen LogP contribution in [0.4, 0.5) is 0 Å². The maximum absolute atomic E-state index is 11.2. The molecular formula is C23H34O4. The predicted molar refractivity (Wildman–Crippen MR) is 106 cm³/mol. The Morgan fingerprint density at radius 1 is 0.926 bits per heavy atom. The SMILES string of the molecule is CC1(CCCCc2cc(O)cc(O)c2CCCCCC2(C(=O)O)CC2)CC1. The molecule has 2 saturated carbocycles. The third-order valence-corrected chi connectivity index (χ3v) is 6.77. The van der Waals surface area contributed by atoms with Gasteiger partial charge in [0.2, 0.25) is 0 Å². The molecule has 2 fully saturated rings. The van der Waals surface area contributed by atoms with Gasteiger partial charge in [-0.2, -0.15) is 0 Å². The smallest absolute Gasteiger partial charge is 0.309 e. The third-order valence-electron chi connectivity index (χ3n) is 6.77. The number of unbranched alkanes of at least 4 members (excludes halogenated alkanes) is 3. The Morgan fingerprint density at radius 3 is 2.22 bits per heavy atom. The highest BCUT2D eigenvalue weighted by molar-refractivity contribution is 5.77. The summed E-state index contributed by atoms with van der Waals surface area (Å²) in [4.78, 5) is 11.2. The van der Waals surface area contributed by atoms with Crippen LogP contribution >= 0.6 is 0 Å². The summed E-state index contributed by atoms with van der Waals surface area (Å²) in [6.07, 6.45) is 13.2. The molecule has 1 aromatic rings. The fourth-order valence-electron chi connectivity index (χ4n) is 4.20. The van der Waals surface area contributed by atoms with Crippen LogP contribution in [-0.2, 0) is 17.6 Å². The van der Waals surface area contributed by atoms with E-state index in [0.29, 0.717) is 5.41 Å². The number of carboxylic acids is 1. The fraction of sp³-hybridized carbons (Fsp3) is 0.696. The molecule has 0 aromatic heterocycles. The average molecular weight is 375 g/mol. The number of phenols is 2. The van der Waals surface area contributed by atoms with Crippen molar-refractivity contribution in [1.82, 2.24) is 0 Å². The van der Waals surface area contributed by atoms with Gasteiger partial charge in [-0.3, -0.25) is 4.79 Å². The number of aromatic hydroxyl groups is 2. The molecule has 0 unspecified atom stereocenters. The maximum atomic E-state index is 11.2. The number of aliphatic carboxylic acids is 1. The minimum atomic E-state index is -0.638. The summed E-state index contributed by atoms with van der Waals surface area (Å²) in [5.41, 5.74) is 2.19. The van der Waals surface area contributed by atoms with Gasteiger partial charge in [0, 0.05) is 6.07 Å². The van der Waals surface area contributed by atoms with Crippen molar-refractivity contribution >= 4 is 5.97 Å². The second-order valence-electron chi connectivity index (χ2n) is 9.27. The first-order chi connectivity index (χ1) is 12.8. The van der Waals surface area contributed by atoms with Gasteiger partial charge in [-0.15, -0.1) is 0 Å². The van der Waals surface area contributed by atoms with Crippen LogP contribution in [0.5, 0.6) is 11.5 Å². The van der Waals surface area contributed by atoms with E-state index >= 15 is 0 Å². The molecule has 4 heteroatoms. The van der Waals surface area contributed by atoms with Crippen molar-refractivity contribution in [2.24, 2.45) is 10.8 Å². The second kappa shape index (κ2) is 8.12. The van der Waals surface area contributed by atoms with Crippen LogP contribution in [0.15, 0.2) is 12.1 Å². The Balaban J connectivity index is 1.45. The summed E-state index contributed by atoms with van der Waals surface area (Å²) in [6.45, 7) is 2.36. The van der Waals surface area contributed by atoms with Gasteiger partial charge in [0.05, 0.1) is 5.41 Å². The predicted octanol–water partition coefficient (Wildman–Crippen LogP) is 5.58. The molecule has 0 atom stereocenters. The second-order valence-corrected chi connectivity index (χ2v) is 9.27. The van der Waals surface area contributed by atoms with Crippen molar-refractivity contribution in [2.75, 3.05) is 0 Å². The van der Waals surface area contributed by atoms with Crippen LogP contribution in [0.3, 0.4) is 0 Å². The molecule has 150 valence electrons. The van der Waals surface area contributed by atoms with E-state index in [2.05, 4.69) is 6.92 Å². The summed E-state index contributed by atoms with van der Waals surface area (Å²) in [6, 6.07) is 3.24. The average Bonchev–Trinajstić information content (AvgIpc) is 3.51. The number of benzene rings is 1. The Kier molecular flexibility index (Phi) is 6.02. The minimum absolute atomic E-state index is 0.137.